The molecule has 112 valence electrons. The molecule has 1 aliphatic heterocycles. The van der Waals surface area contributed by atoms with Crippen LogP contribution in [0.3, 0.4) is 0 Å². The smallest absolute Gasteiger partial charge is 0.180 e. The quantitative estimate of drug-likeness (QED) is 0.925. The molecule has 21 heavy (non-hydrogen) atoms. The molecule has 1 aliphatic rings. The van der Waals surface area contributed by atoms with E-state index in [4.69, 9.17) is 26.8 Å². The molecule has 0 saturated heterocycles. The molecule has 0 fully saturated rings. The van der Waals surface area contributed by atoms with Crippen LogP contribution >= 0.6 is 11.6 Å². The lowest BCUT2D eigenvalue weighted by Gasteiger charge is -2.25. The predicted octanol–water partition coefficient (Wildman–Crippen LogP) is 3.22. The number of aryl methyl sites for hydroxylation is 1. The normalized spacial score (nSPS) is 13.8. The Kier molecular flexibility index (Phi) is 3.45. The number of nitrogens with zero attached hydrogens (tertiary/aromatic N) is 2. The fraction of sp³-hybridized carbons (Fsp3) is 0.400. The summed E-state index contributed by atoms with van der Waals surface area (Å²) in [7, 11) is 1.81. The highest BCUT2D eigenvalue weighted by Gasteiger charge is 2.26. The van der Waals surface area contributed by atoms with Crippen molar-refractivity contribution in [3.8, 4) is 22.8 Å². The van der Waals surface area contributed by atoms with Crippen LogP contribution in [0.4, 0.5) is 5.82 Å². The number of benzene rings is 1. The highest BCUT2D eigenvalue weighted by molar-refractivity contribution is 6.32. The first-order valence-electron chi connectivity index (χ1n) is 6.91. The van der Waals surface area contributed by atoms with Crippen molar-refractivity contribution in [3.63, 3.8) is 0 Å². The third-order valence-corrected chi connectivity index (χ3v) is 3.86. The minimum absolute atomic E-state index is 0.246. The van der Waals surface area contributed by atoms with Crippen molar-refractivity contribution in [2.24, 2.45) is 7.05 Å². The average molecular weight is 308 g/mol. The average Bonchev–Trinajstić information content (AvgIpc) is 2.78. The van der Waals surface area contributed by atoms with Gasteiger partial charge in [-0.25, -0.2) is 0 Å². The maximum Gasteiger partial charge on any atom is 0.180 e. The molecule has 3 rings (SSSR count). The number of aromatic nitrogens is 2. The molecule has 0 atom stereocenters. The van der Waals surface area contributed by atoms with Crippen LogP contribution in [-0.2, 0) is 7.05 Å². The van der Waals surface area contributed by atoms with E-state index < -0.39 is 0 Å². The number of ether oxygens (including phenoxy) is 2. The largest absolute Gasteiger partial charge is 0.486 e. The summed E-state index contributed by atoms with van der Waals surface area (Å²) in [4.78, 5) is 0. The molecule has 0 radical (unpaired) electrons. The van der Waals surface area contributed by atoms with Gasteiger partial charge in [0.25, 0.3) is 0 Å². The standard InChI is InChI=1S/C15H18ClN3O2/c1-8(2)13-9(11-7-12(17)19(3)18-11)6-10(16)14-15(13)21-5-4-20-14/h6-8H,4-5,17H2,1-3H3. The molecule has 0 aliphatic carbocycles. The highest BCUT2D eigenvalue weighted by Crippen LogP contribution is 2.47. The lowest BCUT2D eigenvalue weighted by Crippen LogP contribution is -2.17. The number of rotatable bonds is 2. The summed E-state index contributed by atoms with van der Waals surface area (Å²) in [6.07, 6.45) is 0. The van der Waals surface area contributed by atoms with Crippen molar-refractivity contribution in [1.82, 2.24) is 9.78 Å². The van der Waals surface area contributed by atoms with Crippen LogP contribution in [0.25, 0.3) is 11.3 Å². The maximum absolute atomic E-state index is 6.35. The second-order valence-corrected chi connectivity index (χ2v) is 5.81. The Bertz CT molecular complexity index is 675. The molecule has 0 saturated carbocycles. The molecule has 0 spiro atoms. The van der Waals surface area contributed by atoms with Gasteiger partial charge in [-0.15, -0.1) is 0 Å². The lowest BCUT2D eigenvalue weighted by atomic mass is 9.93. The summed E-state index contributed by atoms with van der Waals surface area (Å²) >= 11 is 6.35. The number of nitrogens with two attached hydrogens (primary N) is 1. The van der Waals surface area contributed by atoms with Gasteiger partial charge in [-0.05, 0) is 12.0 Å². The van der Waals surface area contributed by atoms with Gasteiger partial charge in [-0.1, -0.05) is 25.4 Å². The topological polar surface area (TPSA) is 62.3 Å². The van der Waals surface area contributed by atoms with Gasteiger partial charge in [0.1, 0.15) is 19.0 Å². The van der Waals surface area contributed by atoms with Gasteiger partial charge in [0.15, 0.2) is 11.5 Å². The number of hydrogen-bond acceptors (Lipinski definition) is 4. The van der Waals surface area contributed by atoms with E-state index in [1.807, 2.05) is 19.2 Å². The van der Waals surface area contributed by atoms with Crippen molar-refractivity contribution in [3.05, 3.63) is 22.7 Å². The van der Waals surface area contributed by atoms with Crippen molar-refractivity contribution < 1.29 is 9.47 Å². The van der Waals surface area contributed by atoms with Crippen LogP contribution < -0.4 is 15.2 Å². The Morgan fingerprint density at radius 2 is 1.90 bits per heavy atom. The van der Waals surface area contributed by atoms with Gasteiger partial charge in [0, 0.05) is 24.2 Å². The van der Waals surface area contributed by atoms with Crippen molar-refractivity contribution >= 4 is 17.4 Å². The van der Waals surface area contributed by atoms with E-state index in [-0.39, 0.29) is 5.92 Å². The maximum atomic E-state index is 6.35. The van der Waals surface area contributed by atoms with Crippen LogP contribution in [-0.4, -0.2) is 23.0 Å². The molecule has 0 amide bonds. The molecule has 2 heterocycles. The SMILES string of the molecule is CC(C)c1c(-c2cc(N)n(C)n2)cc(Cl)c2c1OCCO2. The predicted molar refractivity (Wildman–Crippen MR) is 83.1 cm³/mol. The Labute approximate surface area is 128 Å². The van der Waals surface area contributed by atoms with Gasteiger partial charge in [-0.2, -0.15) is 5.10 Å². The molecule has 1 aromatic heterocycles. The van der Waals surface area contributed by atoms with Gasteiger partial charge < -0.3 is 15.2 Å². The summed E-state index contributed by atoms with van der Waals surface area (Å²) in [5, 5.41) is 4.99. The molecule has 2 aromatic rings. The molecule has 2 N–H and O–H groups in total. The zero-order valence-corrected chi connectivity index (χ0v) is 13.1. The Hall–Kier alpha value is -1.88. The first-order chi connectivity index (χ1) is 9.99. The van der Waals surface area contributed by atoms with Crippen LogP contribution in [0.5, 0.6) is 11.5 Å². The van der Waals surface area contributed by atoms with Crippen molar-refractivity contribution in [1.29, 1.82) is 0 Å². The zero-order valence-electron chi connectivity index (χ0n) is 12.3. The van der Waals surface area contributed by atoms with E-state index in [1.165, 1.54) is 0 Å². The third kappa shape index (κ3) is 2.31. The third-order valence-electron chi connectivity index (χ3n) is 3.57. The number of nitrogen functional groups attached to an aromatic ring is 1. The van der Waals surface area contributed by atoms with Crippen molar-refractivity contribution in [2.75, 3.05) is 18.9 Å². The van der Waals surface area contributed by atoms with Gasteiger partial charge in [0.05, 0.1) is 10.7 Å². The summed E-state index contributed by atoms with van der Waals surface area (Å²) in [5.74, 6) is 2.20. The second-order valence-electron chi connectivity index (χ2n) is 5.41. The number of anilines is 1. The summed E-state index contributed by atoms with van der Waals surface area (Å²) in [6, 6.07) is 3.72. The van der Waals surface area contributed by atoms with Gasteiger partial charge in [0.2, 0.25) is 0 Å². The Balaban J connectivity index is 2.26. The number of fused-ring (bicyclic) bond motifs is 1. The van der Waals surface area contributed by atoms with E-state index in [9.17, 15) is 0 Å². The molecular weight excluding hydrogens is 290 g/mol. The van der Waals surface area contributed by atoms with Crippen LogP contribution in [0.1, 0.15) is 25.3 Å². The van der Waals surface area contributed by atoms with Crippen LogP contribution in [0.2, 0.25) is 5.02 Å². The van der Waals surface area contributed by atoms with Crippen LogP contribution in [0, 0.1) is 0 Å². The van der Waals surface area contributed by atoms with Crippen LogP contribution in [0.15, 0.2) is 12.1 Å². The minimum atomic E-state index is 0.246. The van der Waals surface area contributed by atoms with E-state index in [1.54, 1.807) is 4.68 Å². The molecule has 0 bridgehead atoms. The number of hydrogen-bond donors (Lipinski definition) is 1. The van der Waals surface area contributed by atoms with E-state index in [0.29, 0.717) is 29.8 Å². The minimum Gasteiger partial charge on any atom is -0.486 e. The van der Waals surface area contributed by atoms with Crippen molar-refractivity contribution in [2.45, 2.75) is 19.8 Å². The molecule has 0 unspecified atom stereocenters. The number of halogens is 1. The molecule has 5 nitrogen and oxygen atoms in total. The molecule has 1 aromatic carbocycles. The summed E-state index contributed by atoms with van der Waals surface area (Å²) in [5.41, 5.74) is 8.67. The highest BCUT2D eigenvalue weighted by atomic mass is 35.5. The first kappa shape index (κ1) is 14.1. The van der Waals surface area contributed by atoms with E-state index in [2.05, 4.69) is 18.9 Å². The van der Waals surface area contributed by atoms with E-state index in [0.717, 1.165) is 22.6 Å². The first-order valence-corrected chi connectivity index (χ1v) is 7.28. The monoisotopic (exact) mass is 307 g/mol. The lowest BCUT2D eigenvalue weighted by molar-refractivity contribution is 0.169. The van der Waals surface area contributed by atoms with Gasteiger partial charge in [-0.3, -0.25) is 4.68 Å². The molecule has 6 heteroatoms. The fourth-order valence-corrected chi connectivity index (χ4v) is 2.84. The second kappa shape index (κ2) is 5.15. The van der Waals surface area contributed by atoms with Gasteiger partial charge >= 0.3 is 0 Å². The molecular formula is C15H18ClN3O2. The fourth-order valence-electron chi connectivity index (χ4n) is 2.59. The summed E-state index contributed by atoms with van der Waals surface area (Å²) in [6.45, 7) is 5.26. The zero-order chi connectivity index (χ0) is 15.1. The Morgan fingerprint density at radius 3 is 2.48 bits per heavy atom. The van der Waals surface area contributed by atoms with E-state index >= 15 is 0 Å². The summed E-state index contributed by atoms with van der Waals surface area (Å²) < 4.78 is 13.1. The Morgan fingerprint density at radius 1 is 1.24 bits per heavy atom.